The van der Waals surface area contributed by atoms with Crippen LogP contribution in [0.2, 0.25) is 5.02 Å². The van der Waals surface area contributed by atoms with Crippen molar-refractivity contribution in [3.8, 4) is 11.5 Å². The molecule has 10 heteroatoms. The molecule has 1 aromatic rings. The Bertz CT molecular complexity index is 845. The number of nitrogens with zero attached hydrogens (tertiary/aromatic N) is 3. The molecule has 3 aliphatic rings. The van der Waals surface area contributed by atoms with Crippen LogP contribution in [0.5, 0.6) is 11.5 Å². The van der Waals surface area contributed by atoms with Crippen LogP contribution in [0.3, 0.4) is 0 Å². The second kappa shape index (κ2) is 9.89. The fourth-order valence-electron chi connectivity index (χ4n) is 3.85. The number of piperazine rings is 1. The zero-order valence-electron chi connectivity index (χ0n) is 18.1. The topological polar surface area (TPSA) is 75.6 Å². The number of nitrogens with one attached hydrogen (secondary N) is 1. The summed E-state index contributed by atoms with van der Waals surface area (Å²) in [5, 5.41) is 4.02. The van der Waals surface area contributed by atoms with E-state index in [1.165, 1.54) is 0 Å². The first-order valence-electron chi connectivity index (χ1n) is 10.4. The first-order valence-corrected chi connectivity index (χ1v) is 10.8. The van der Waals surface area contributed by atoms with E-state index in [1.807, 2.05) is 32.9 Å². The second-order valence-electron chi connectivity index (χ2n) is 8.72. The molecule has 3 aliphatic heterocycles. The zero-order chi connectivity index (χ0) is 21.3. The molecule has 1 saturated heterocycles. The maximum absolute atomic E-state index is 12.3. The van der Waals surface area contributed by atoms with Crippen LogP contribution in [0, 0.1) is 0 Å². The summed E-state index contributed by atoms with van der Waals surface area (Å²) in [7, 11) is 0. The van der Waals surface area contributed by atoms with Crippen LogP contribution in [-0.2, 0) is 11.2 Å². The molecule has 3 heterocycles. The predicted molar refractivity (Wildman–Crippen MR) is 130 cm³/mol. The van der Waals surface area contributed by atoms with Gasteiger partial charge in [-0.15, -0.1) is 24.0 Å². The molecule has 0 spiro atoms. The summed E-state index contributed by atoms with van der Waals surface area (Å²) in [4.78, 5) is 21.0. The highest BCUT2D eigenvalue weighted by Gasteiger charge is 2.36. The average Bonchev–Trinajstić information content (AvgIpc) is 3.09. The molecule has 1 atom stereocenters. The Hall–Kier alpha value is -1.62. The van der Waals surface area contributed by atoms with Crippen molar-refractivity contribution in [1.29, 1.82) is 0 Å². The normalized spacial score (nSPS) is 19.9. The summed E-state index contributed by atoms with van der Waals surface area (Å²) in [5.41, 5.74) is 0.603. The van der Waals surface area contributed by atoms with E-state index in [1.54, 1.807) is 4.90 Å². The van der Waals surface area contributed by atoms with Crippen LogP contribution in [0.25, 0.3) is 0 Å². The standard InChI is InChI=1S/C21H29ClN4O4.HI/c1-21(2,3)30-20(27)25-6-7-26-15(13-25)12-24-19(26)23-5-4-14-10-16(22)18-17(11-14)28-8-9-29-18;/h10-11,15H,4-9,12-13H2,1-3H3,(H,23,24);1H. The zero-order valence-corrected chi connectivity index (χ0v) is 21.2. The van der Waals surface area contributed by atoms with Gasteiger partial charge < -0.3 is 29.3 Å². The fourth-order valence-corrected chi connectivity index (χ4v) is 4.14. The summed E-state index contributed by atoms with van der Waals surface area (Å²) < 4.78 is 16.7. The van der Waals surface area contributed by atoms with Crippen LogP contribution >= 0.6 is 35.6 Å². The Balaban J connectivity index is 0.00000272. The number of hydrogen-bond donors (Lipinski definition) is 1. The molecule has 31 heavy (non-hydrogen) atoms. The van der Waals surface area contributed by atoms with Crippen LogP contribution in [0.15, 0.2) is 17.1 Å². The Labute approximate surface area is 205 Å². The lowest BCUT2D eigenvalue weighted by atomic mass is 10.1. The number of carbonyl (C=O) groups excluding carboxylic acids is 1. The predicted octanol–water partition coefficient (Wildman–Crippen LogP) is 3.15. The maximum atomic E-state index is 12.3. The number of carbonyl (C=O) groups is 1. The number of ether oxygens (including phenoxy) is 3. The van der Waals surface area contributed by atoms with Crippen molar-refractivity contribution in [1.82, 2.24) is 15.1 Å². The highest BCUT2D eigenvalue weighted by Crippen LogP contribution is 2.38. The lowest BCUT2D eigenvalue weighted by Gasteiger charge is -2.39. The molecule has 0 saturated carbocycles. The number of benzene rings is 1. The highest BCUT2D eigenvalue weighted by molar-refractivity contribution is 14.0. The van der Waals surface area contributed by atoms with Crippen molar-refractivity contribution >= 4 is 47.6 Å². The number of halogens is 2. The number of guanidine groups is 1. The third-order valence-electron chi connectivity index (χ3n) is 5.21. The molecule has 1 unspecified atom stereocenters. The van der Waals surface area contributed by atoms with Gasteiger partial charge in [0.1, 0.15) is 18.8 Å². The van der Waals surface area contributed by atoms with Gasteiger partial charge in [0.25, 0.3) is 0 Å². The second-order valence-corrected chi connectivity index (χ2v) is 9.12. The Kier molecular flexibility index (Phi) is 7.67. The first-order chi connectivity index (χ1) is 14.3. The van der Waals surface area contributed by atoms with Gasteiger partial charge in [-0.2, -0.15) is 0 Å². The lowest BCUT2D eigenvalue weighted by Crippen LogP contribution is -2.57. The van der Waals surface area contributed by atoms with Gasteiger partial charge in [0.15, 0.2) is 17.5 Å². The molecule has 1 fully saturated rings. The van der Waals surface area contributed by atoms with E-state index in [0.29, 0.717) is 49.4 Å². The van der Waals surface area contributed by atoms with E-state index in [-0.39, 0.29) is 36.1 Å². The largest absolute Gasteiger partial charge is 0.486 e. The van der Waals surface area contributed by atoms with Crippen molar-refractivity contribution in [2.75, 3.05) is 45.9 Å². The Morgan fingerprint density at radius 2 is 2.06 bits per heavy atom. The third kappa shape index (κ3) is 5.79. The number of hydrogen-bond acceptors (Lipinski definition) is 7. The SMILES string of the molecule is CC(C)(C)OC(=O)N1CCN2C(NCCc3cc(Cl)c4c(c3)OCCO4)=NCC2C1.I. The highest BCUT2D eigenvalue weighted by atomic mass is 127. The van der Waals surface area contributed by atoms with Gasteiger partial charge in [0.05, 0.1) is 17.6 Å². The van der Waals surface area contributed by atoms with Gasteiger partial charge in [0, 0.05) is 26.2 Å². The molecule has 4 rings (SSSR count). The summed E-state index contributed by atoms with van der Waals surface area (Å²) in [6, 6.07) is 4.11. The molecule has 172 valence electrons. The van der Waals surface area contributed by atoms with Crippen LogP contribution in [-0.4, -0.2) is 79.4 Å². The van der Waals surface area contributed by atoms with Crippen LogP contribution in [0.4, 0.5) is 4.79 Å². The van der Waals surface area contributed by atoms with Gasteiger partial charge >= 0.3 is 6.09 Å². The Morgan fingerprint density at radius 3 is 2.84 bits per heavy atom. The number of fused-ring (bicyclic) bond motifs is 2. The van der Waals surface area contributed by atoms with Crippen LogP contribution in [0.1, 0.15) is 26.3 Å². The number of rotatable bonds is 3. The lowest BCUT2D eigenvalue weighted by molar-refractivity contribution is 0.0137. The van der Waals surface area contributed by atoms with E-state index >= 15 is 0 Å². The van der Waals surface area contributed by atoms with Crippen molar-refractivity contribution < 1.29 is 19.0 Å². The molecule has 1 aromatic carbocycles. The summed E-state index contributed by atoms with van der Waals surface area (Å²) >= 11 is 6.32. The molecular weight excluding hydrogens is 535 g/mol. The van der Waals surface area contributed by atoms with E-state index in [0.717, 1.165) is 31.0 Å². The van der Waals surface area contributed by atoms with Gasteiger partial charge in [-0.1, -0.05) is 11.6 Å². The molecule has 0 aromatic heterocycles. The molecule has 0 radical (unpaired) electrons. The molecule has 0 aliphatic carbocycles. The van der Waals surface area contributed by atoms with Gasteiger partial charge in [0.2, 0.25) is 0 Å². The minimum Gasteiger partial charge on any atom is -0.486 e. The van der Waals surface area contributed by atoms with Crippen molar-refractivity contribution in [3.05, 3.63) is 22.7 Å². The summed E-state index contributed by atoms with van der Waals surface area (Å²) in [6.07, 6.45) is 0.539. The first kappa shape index (κ1) is 24.0. The molecule has 1 amide bonds. The van der Waals surface area contributed by atoms with Crippen LogP contribution < -0.4 is 14.8 Å². The van der Waals surface area contributed by atoms with E-state index < -0.39 is 5.60 Å². The monoisotopic (exact) mass is 564 g/mol. The van der Waals surface area contributed by atoms with E-state index in [9.17, 15) is 4.79 Å². The van der Waals surface area contributed by atoms with E-state index in [4.69, 9.17) is 25.8 Å². The quantitative estimate of drug-likeness (QED) is 0.569. The maximum Gasteiger partial charge on any atom is 0.410 e. The van der Waals surface area contributed by atoms with E-state index in [2.05, 4.69) is 15.2 Å². The number of amides is 1. The van der Waals surface area contributed by atoms with Crippen molar-refractivity contribution in [3.63, 3.8) is 0 Å². The molecule has 8 nitrogen and oxygen atoms in total. The minimum atomic E-state index is -0.482. The Morgan fingerprint density at radius 1 is 1.29 bits per heavy atom. The van der Waals surface area contributed by atoms with Gasteiger partial charge in [-0.05, 0) is 44.9 Å². The van der Waals surface area contributed by atoms with Crippen molar-refractivity contribution in [2.45, 2.75) is 38.8 Å². The van der Waals surface area contributed by atoms with Gasteiger partial charge in [-0.25, -0.2) is 4.79 Å². The molecular formula is C21H30ClIN4O4. The summed E-state index contributed by atoms with van der Waals surface area (Å²) in [6.45, 7) is 10.1. The summed E-state index contributed by atoms with van der Waals surface area (Å²) in [5.74, 6) is 2.23. The van der Waals surface area contributed by atoms with Gasteiger partial charge in [-0.3, -0.25) is 4.99 Å². The van der Waals surface area contributed by atoms with Crippen molar-refractivity contribution in [2.24, 2.45) is 4.99 Å². The minimum absolute atomic E-state index is 0. The smallest absolute Gasteiger partial charge is 0.410 e. The molecule has 1 N–H and O–H groups in total. The molecule has 0 bridgehead atoms. The number of aliphatic imine (C=N–C) groups is 1. The third-order valence-corrected chi connectivity index (χ3v) is 5.49. The fraction of sp³-hybridized carbons (Fsp3) is 0.619. The average molecular weight is 565 g/mol.